The highest BCUT2D eigenvalue weighted by Crippen LogP contribution is 2.45. The fraction of sp³-hybridized carbons (Fsp3) is 0.364. The zero-order chi connectivity index (χ0) is 24.8. The van der Waals surface area contributed by atoms with E-state index in [0.29, 0.717) is 21.1 Å². The fourth-order valence-corrected chi connectivity index (χ4v) is 7.09. The van der Waals surface area contributed by atoms with E-state index >= 15 is 0 Å². The van der Waals surface area contributed by atoms with E-state index < -0.39 is 35.3 Å². The first kappa shape index (κ1) is 24.8. The number of aliphatic hydroxyl groups is 1. The maximum absolute atomic E-state index is 13.3. The van der Waals surface area contributed by atoms with Crippen LogP contribution in [0.3, 0.4) is 0 Å². The Morgan fingerprint density at radius 2 is 2.03 bits per heavy atom. The number of halogens is 3. The van der Waals surface area contributed by atoms with Gasteiger partial charge in [0.05, 0.1) is 20.5 Å². The van der Waals surface area contributed by atoms with Crippen LogP contribution in [0.5, 0.6) is 0 Å². The van der Waals surface area contributed by atoms with Crippen molar-refractivity contribution in [2.75, 3.05) is 0 Å². The van der Waals surface area contributed by atoms with Crippen molar-refractivity contribution < 1.29 is 18.3 Å². The van der Waals surface area contributed by atoms with E-state index in [4.69, 9.17) is 0 Å². The van der Waals surface area contributed by atoms with Gasteiger partial charge in [-0.3, -0.25) is 13.9 Å². The minimum atomic E-state index is -4.59. The lowest BCUT2D eigenvalue weighted by Gasteiger charge is -2.27. The summed E-state index contributed by atoms with van der Waals surface area (Å²) in [7, 11) is 1.40. The van der Waals surface area contributed by atoms with Crippen LogP contribution in [0, 0.1) is 5.92 Å². The van der Waals surface area contributed by atoms with Gasteiger partial charge in [0.15, 0.2) is 0 Å². The number of hydrogen-bond acceptors (Lipinski definition) is 7. The molecule has 0 radical (unpaired) electrons. The number of aromatic nitrogens is 2. The molecule has 34 heavy (non-hydrogen) atoms. The Kier molecular flexibility index (Phi) is 6.87. The van der Waals surface area contributed by atoms with E-state index in [2.05, 4.69) is 5.32 Å². The molecule has 2 N–H and O–H groups in total. The zero-order valence-corrected chi connectivity index (χ0v) is 20.9. The lowest BCUT2D eigenvalue weighted by molar-refractivity contribution is -0.0986. The van der Waals surface area contributed by atoms with E-state index in [0.717, 1.165) is 26.2 Å². The molecule has 3 aromatic rings. The van der Waals surface area contributed by atoms with Crippen molar-refractivity contribution in [3.8, 4) is 0 Å². The van der Waals surface area contributed by atoms with Crippen molar-refractivity contribution in [2.45, 2.75) is 47.8 Å². The molecule has 0 fully saturated rings. The van der Waals surface area contributed by atoms with E-state index in [1.807, 2.05) is 31.4 Å². The summed E-state index contributed by atoms with van der Waals surface area (Å²) in [4.78, 5) is 27.3. The standard InChI is InChI=1S/C22H22F3N3O3S3/c1-11(2)10-28-20-15(19(30)27(3)21(28)31)17(33-14-8-5-9-32-14)18(34-20)16(29)12-6-4-7-13(26-12)22(23,24)25/h4-9,11-12,16,26,29H,10H2,1-3H3. The third-order valence-electron chi connectivity index (χ3n) is 5.22. The first-order valence-electron chi connectivity index (χ1n) is 10.4. The van der Waals surface area contributed by atoms with Crippen molar-refractivity contribution in [3.63, 3.8) is 0 Å². The summed E-state index contributed by atoms with van der Waals surface area (Å²) in [6, 6.07) is 2.63. The highest BCUT2D eigenvalue weighted by Gasteiger charge is 2.38. The van der Waals surface area contributed by atoms with E-state index in [1.165, 1.54) is 46.9 Å². The van der Waals surface area contributed by atoms with Gasteiger partial charge in [0.25, 0.3) is 5.56 Å². The average molecular weight is 530 g/mol. The smallest absolute Gasteiger partial charge is 0.385 e. The Balaban J connectivity index is 1.91. The van der Waals surface area contributed by atoms with Crippen molar-refractivity contribution in [1.29, 1.82) is 0 Å². The molecule has 4 heterocycles. The summed E-state index contributed by atoms with van der Waals surface area (Å²) in [5.74, 6) is 0.102. The van der Waals surface area contributed by atoms with Gasteiger partial charge < -0.3 is 10.4 Å². The Morgan fingerprint density at radius 3 is 2.65 bits per heavy atom. The fourth-order valence-electron chi connectivity index (χ4n) is 3.64. The molecule has 0 aliphatic carbocycles. The Bertz CT molecular complexity index is 1380. The van der Waals surface area contributed by atoms with Gasteiger partial charge in [0, 0.05) is 18.5 Å². The van der Waals surface area contributed by atoms with Crippen LogP contribution in [0.1, 0.15) is 24.8 Å². The van der Waals surface area contributed by atoms with Crippen LogP contribution in [0.25, 0.3) is 10.2 Å². The van der Waals surface area contributed by atoms with Crippen molar-refractivity contribution >= 4 is 44.7 Å². The summed E-state index contributed by atoms with van der Waals surface area (Å²) < 4.78 is 43.2. The van der Waals surface area contributed by atoms with Gasteiger partial charge in [-0.25, -0.2) is 4.79 Å². The van der Waals surface area contributed by atoms with Crippen LogP contribution in [0.2, 0.25) is 0 Å². The van der Waals surface area contributed by atoms with E-state index in [1.54, 1.807) is 0 Å². The van der Waals surface area contributed by atoms with Crippen molar-refractivity contribution in [2.24, 2.45) is 13.0 Å². The van der Waals surface area contributed by atoms with Gasteiger partial charge in [-0.2, -0.15) is 13.2 Å². The maximum atomic E-state index is 13.3. The van der Waals surface area contributed by atoms with E-state index in [9.17, 15) is 27.9 Å². The molecule has 2 unspecified atom stereocenters. The summed E-state index contributed by atoms with van der Waals surface area (Å²) >= 11 is 3.77. The third-order valence-corrected chi connectivity index (χ3v) is 8.79. The average Bonchev–Trinajstić information content (AvgIpc) is 3.42. The molecular weight excluding hydrogens is 507 g/mol. The van der Waals surface area contributed by atoms with Crippen molar-refractivity contribution in [3.05, 3.63) is 67.2 Å². The molecule has 0 bridgehead atoms. The molecule has 2 atom stereocenters. The van der Waals surface area contributed by atoms with Gasteiger partial charge in [0.1, 0.15) is 16.6 Å². The SMILES string of the molecule is CC(C)Cn1c(=O)n(C)c(=O)c2c(Sc3cccs3)c(C(O)C3C=CC=C(C(F)(F)F)N3)sc21. The number of hydrogen-bond donors (Lipinski definition) is 2. The summed E-state index contributed by atoms with van der Waals surface area (Å²) in [5.41, 5.74) is -1.93. The summed E-state index contributed by atoms with van der Waals surface area (Å²) in [6.07, 6.45) is -2.37. The van der Waals surface area contributed by atoms with Crippen LogP contribution >= 0.6 is 34.4 Å². The molecule has 1 aliphatic heterocycles. The molecule has 0 saturated heterocycles. The topological polar surface area (TPSA) is 76.3 Å². The first-order valence-corrected chi connectivity index (χ1v) is 12.9. The normalized spacial score (nSPS) is 17.3. The monoisotopic (exact) mass is 529 g/mol. The molecule has 4 rings (SSSR count). The summed E-state index contributed by atoms with van der Waals surface area (Å²) in [6.45, 7) is 4.23. The third kappa shape index (κ3) is 4.64. The highest BCUT2D eigenvalue weighted by molar-refractivity contribution is 8.01. The molecule has 0 amide bonds. The molecule has 0 spiro atoms. The van der Waals surface area contributed by atoms with Crippen LogP contribution in [0.4, 0.5) is 13.2 Å². The minimum Gasteiger partial charge on any atom is -0.385 e. The van der Waals surface area contributed by atoms with Gasteiger partial charge in [-0.15, -0.1) is 22.7 Å². The second-order valence-corrected chi connectivity index (χ2v) is 11.5. The molecule has 1 aliphatic rings. The van der Waals surface area contributed by atoms with Gasteiger partial charge in [0.2, 0.25) is 0 Å². The zero-order valence-electron chi connectivity index (χ0n) is 18.4. The number of alkyl halides is 3. The number of fused-ring (bicyclic) bond motifs is 1. The first-order chi connectivity index (χ1) is 16.0. The Labute approximate surface area is 205 Å². The number of rotatable bonds is 6. The molecule has 182 valence electrons. The quantitative estimate of drug-likeness (QED) is 0.487. The lowest BCUT2D eigenvalue weighted by atomic mass is 10.1. The van der Waals surface area contributed by atoms with Crippen LogP contribution in [-0.4, -0.2) is 26.5 Å². The number of nitrogens with zero attached hydrogens (tertiary/aromatic N) is 2. The molecule has 12 heteroatoms. The van der Waals surface area contributed by atoms with Crippen LogP contribution in [-0.2, 0) is 13.6 Å². The second kappa shape index (κ2) is 9.40. The lowest BCUT2D eigenvalue weighted by Crippen LogP contribution is -2.39. The number of dihydropyridines is 1. The highest BCUT2D eigenvalue weighted by atomic mass is 32.2. The Morgan fingerprint density at radius 1 is 1.29 bits per heavy atom. The predicted molar refractivity (Wildman–Crippen MR) is 130 cm³/mol. The van der Waals surface area contributed by atoms with Crippen molar-refractivity contribution in [1.82, 2.24) is 14.5 Å². The predicted octanol–water partition coefficient (Wildman–Crippen LogP) is 4.64. The number of aliphatic hydroxyl groups excluding tert-OH is 1. The van der Waals surface area contributed by atoms with Gasteiger partial charge in [-0.05, 0) is 23.4 Å². The van der Waals surface area contributed by atoms with Gasteiger partial charge in [-0.1, -0.05) is 43.8 Å². The van der Waals surface area contributed by atoms with Crippen LogP contribution < -0.4 is 16.6 Å². The molecule has 0 saturated carbocycles. The van der Waals surface area contributed by atoms with Crippen LogP contribution in [0.15, 0.2) is 60.1 Å². The number of allylic oxidation sites excluding steroid dienone is 3. The maximum Gasteiger partial charge on any atom is 0.430 e. The minimum absolute atomic E-state index is 0.102. The molecule has 3 aromatic heterocycles. The summed E-state index contributed by atoms with van der Waals surface area (Å²) in [5, 5.41) is 15.7. The Hall–Kier alpha value is -2.28. The molecule has 0 aromatic carbocycles. The second-order valence-electron chi connectivity index (χ2n) is 8.24. The van der Waals surface area contributed by atoms with Gasteiger partial charge >= 0.3 is 11.9 Å². The molecular formula is C22H22F3N3O3S3. The van der Waals surface area contributed by atoms with E-state index in [-0.39, 0.29) is 11.3 Å². The number of thiophene rings is 2. The largest absolute Gasteiger partial charge is 0.430 e. The molecule has 6 nitrogen and oxygen atoms in total. The number of nitrogens with one attached hydrogen (secondary N) is 1.